The largest absolute Gasteiger partial charge is 0.444 e. The SMILES string of the molecule is Cc1nc(NCCNC(=O)OC(C)(C)C)cc(Nc2ncc(C3C=CC=CC3C)s2)n1. The quantitative estimate of drug-likeness (QED) is 0.531. The Morgan fingerprint density at radius 2 is 1.90 bits per heavy atom. The summed E-state index contributed by atoms with van der Waals surface area (Å²) >= 11 is 1.63. The first-order valence-electron chi connectivity index (χ1n) is 10.3. The van der Waals surface area contributed by atoms with Crippen molar-refractivity contribution in [1.82, 2.24) is 20.3 Å². The van der Waals surface area contributed by atoms with Crippen molar-refractivity contribution in [1.29, 1.82) is 0 Å². The van der Waals surface area contributed by atoms with Gasteiger partial charge in [-0.2, -0.15) is 0 Å². The van der Waals surface area contributed by atoms with E-state index in [2.05, 4.69) is 62.1 Å². The predicted molar refractivity (Wildman–Crippen MR) is 125 cm³/mol. The number of nitrogens with zero attached hydrogens (tertiary/aromatic N) is 3. The maximum absolute atomic E-state index is 11.7. The Morgan fingerprint density at radius 1 is 1.16 bits per heavy atom. The summed E-state index contributed by atoms with van der Waals surface area (Å²) in [5, 5.41) is 9.98. The van der Waals surface area contributed by atoms with E-state index >= 15 is 0 Å². The number of alkyl carbamates (subject to hydrolysis) is 1. The third kappa shape index (κ3) is 7.06. The van der Waals surface area contributed by atoms with E-state index in [4.69, 9.17) is 4.74 Å². The maximum atomic E-state index is 11.7. The average molecular weight is 443 g/mol. The highest BCUT2D eigenvalue weighted by molar-refractivity contribution is 7.15. The Bertz CT molecular complexity index is 963. The number of nitrogens with one attached hydrogen (secondary N) is 3. The molecule has 9 heteroatoms. The lowest BCUT2D eigenvalue weighted by molar-refractivity contribution is 0.0530. The fraction of sp³-hybridized carbons (Fsp3) is 0.455. The summed E-state index contributed by atoms with van der Waals surface area (Å²) in [5.74, 6) is 2.78. The number of thiazole rings is 1. The number of anilines is 3. The molecule has 0 saturated carbocycles. The summed E-state index contributed by atoms with van der Waals surface area (Å²) < 4.78 is 5.22. The van der Waals surface area contributed by atoms with Gasteiger partial charge in [-0.25, -0.2) is 19.7 Å². The summed E-state index contributed by atoms with van der Waals surface area (Å²) in [4.78, 5) is 26.3. The number of carbonyl (C=O) groups excluding carboxylic acids is 1. The molecule has 1 aliphatic carbocycles. The molecule has 31 heavy (non-hydrogen) atoms. The van der Waals surface area contributed by atoms with Gasteiger partial charge < -0.3 is 20.7 Å². The molecule has 3 rings (SSSR count). The molecular weight excluding hydrogens is 412 g/mol. The van der Waals surface area contributed by atoms with Crippen molar-refractivity contribution < 1.29 is 9.53 Å². The van der Waals surface area contributed by atoms with Gasteiger partial charge in [0, 0.05) is 36.1 Å². The number of allylic oxidation sites excluding steroid dienone is 4. The van der Waals surface area contributed by atoms with Crippen LogP contribution in [0.1, 0.15) is 44.3 Å². The fourth-order valence-corrected chi connectivity index (χ4v) is 4.09. The monoisotopic (exact) mass is 442 g/mol. The lowest BCUT2D eigenvalue weighted by Gasteiger charge is -2.19. The lowest BCUT2D eigenvalue weighted by Crippen LogP contribution is -2.35. The van der Waals surface area contributed by atoms with E-state index in [9.17, 15) is 4.79 Å². The third-order valence-corrected chi connectivity index (χ3v) is 5.45. The van der Waals surface area contributed by atoms with Crippen molar-refractivity contribution in [3.8, 4) is 0 Å². The Hall–Kier alpha value is -2.94. The van der Waals surface area contributed by atoms with Gasteiger partial charge in [-0.1, -0.05) is 31.2 Å². The van der Waals surface area contributed by atoms with Crippen molar-refractivity contribution in [3.63, 3.8) is 0 Å². The molecule has 8 nitrogen and oxygen atoms in total. The number of hydrogen-bond donors (Lipinski definition) is 3. The van der Waals surface area contributed by atoms with Crippen molar-refractivity contribution >= 4 is 34.2 Å². The number of rotatable bonds is 7. The lowest BCUT2D eigenvalue weighted by atomic mass is 9.89. The van der Waals surface area contributed by atoms with E-state index in [0.29, 0.717) is 42.4 Å². The molecule has 1 aliphatic rings. The van der Waals surface area contributed by atoms with Crippen LogP contribution in [0.2, 0.25) is 0 Å². The molecular formula is C22H30N6O2S. The van der Waals surface area contributed by atoms with E-state index in [0.717, 1.165) is 5.13 Å². The molecule has 0 aliphatic heterocycles. The van der Waals surface area contributed by atoms with Gasteiger partial charge in [0.25, 0.3) is 0 Å². The van der Waals surface area contributed by atoms with Crippen LogP contribution in [0, 0.1) is 12.8 Å². The average Bonchev–Trinajstić information content (AvgIpc) is 3.12. The van der Waals surface area contributed by atoms with Gasteiger partial charge in [-0.15, -0.1) is 11.3 Å². The van der Waals surface area contributed by atoms with Crippen LogP contribution in [0.3, 0.4) is 0 Å². The molecule has 2 aromatic heterocycles. The molecule has 1 amide bonds. The van der Waals surface area contributed by atoms with Gasteiger partial charge in [0.2, 0.25) is 0 Å². The van der Waals surface area contributed by atoms with Crippen molar-refractivity contribution in [3.05, 3.63) is 47.3 Å². The van der Waals surface area contributed by atoms with Crippen molar-refractivity contribution in [2.24, 2.45) is 5.92 Å². The number of hydrogen-bond acceptors (Lipinski definition) is 8. The zero-order chi connectivity index (χ0) is 22.4. The molecule has 0 spiro atoms. The maximum Gasteiger partial charge on any atom is 0.407 e. The van der Waals surface area contributed by atoms with E-state index in [1.807, 2.05) is 40.0 Å². The summed E-state index contributed by atoms with van der Waals surface area (Å²) in [5.41, 5.74) is -0.514. The second kappa shape index (κ2) is 9.91. The molecule has 0 aromatic carbocycles. The Morgan fingerprint density at radius 3 is 2.65 bits per heavy atom. The molecule has 0 radical (unpaired) electrons. The van der Waals surface area contributed by atoms with Gasteiger partial charge >= 0.3 is 6.09 Å². The first kappa shape index (κ1) is 22.7. The summed E-state index contributed by atoms with van der Waals surface area (Å²) in [6.07, 6.45) is 10.1. The number of aryl methyl sites for hydroxylation is 1. The van der Waals surface area contributed by atoms with Crippen LogP contribution in [0.4, 0.5) is 21.6 Å². The highest BCUT2D eigenvalue weighted by Crippen LogP contribution is 2.35. The highest BCUT2D eigenvalue weighted by atomic mass is 32.1. The van der Waals surface area contributed by atoms with E-state index in [1.54, 1.807) is 11.3 Å². The molecule has 3 N–H and O–H groups in total. The van der Waals surface area contributed by atoms with Crippen LogP contribution in [-0.4, -0.2) is 39.7 Å². The number of aromatic nitrogens is 3. The first-order chi connectivity index (χ1) is 14.7. The van der Waals surface area contributed by atoms with Crippen molar-refractivity contribution in [2.75, 3.05) is 23.7 Å². The first-order valence-corrected chi connectivity index (χ1v) is 11.2. The van der Waals surface area contributed by atoms with E-state index in [-0.39, 0.29) is 0 Å². The van der Waals surface area contributed by atoms with Gasteiger partial charge in [-0.3, -0.25) is 0 Å². The van der Waals surface area contributed by atoms with Gasteiger partial charge in [0.1, 0.15) is 23.1 Å². The topological polar surface area (TPSA) is 101 Å². The molecule has 2 heterocycles. The molecule has 166 valence electrons. The normalized spacial score (nSPS) is 18.0. The molecule has 2 unspecified atom stereocenters. The van der Waals surface area contributed by atoms with Crippen molar-refractivity contribution in [2.45, 2.75) is 46.1 Å². The summed E-state index contributed by atoms with van der Waals surface area (Å²) in [6.45, 7) is 10.5. The third-order valence-electron chi connectivity index (χ3n) is 4.44. The second-order valence-corrected chi connectivity index (χ2v) is 9.45. The zero-order valence-electron chi connectivity index (χ0n) is 18.6. The Balaban J connectivity index is 1.55. The highest BCUT2D eigenvalue weighted by Gasteiger charge is 2.19. The van der Waals surface area contributed by atoms with Gasteiger partial charge in [0.15, 0.2) is 5.13 Å². The van der Waals surface area contributed by atoms with E-state index in [1.165, 1.54) is 4.88 Å². The molecule has 2 atom stereocenters. The minimum absolute atomic E-state index is 0.347. The minimum atomic E-state index is -0.514. The van der Waals surface area contributed by atoms with Gasteiger partial charge in [0.05, 0.1) is 0 Å². The number of ether oxygens (including phenoxy) is 1. The number of carbonyl (C=O) groups is 1. The van der Waals surface area contributed by atoms with Gasteiger partial charge in [-0.05, 0) is 33.6 Å². The summed E-state index contributed by atoms with van der Waals surface area (Å²) in [6, 6.07) is 1.83. The minimum Gasteiger partial charge on any atom is -0.444 e. The van der Waals surface area contributed by atoms with Crippen LogP contribution >= 0.6 is 11.3 Å². The number of amides is 1. The second-order valence-electron chi connectivity index (χ2n) is 8.39. The molecule has 0 fully saturated rings. The smallest absolute Gasteiger partial charge is 0.407 e. The van der Waals surface area contributed by atoms with Crippen LogP contribution in [-0.2, 0) is 4.74 Å². The van der Waals surface area contributed by atoms with Crippen LogP contribution in [0.25, 0.3) is 0 Å². The molecule has 2 aromatic rings. The van der Waals surface area contributed by atoms with Crippen LogP contribution in [0.15, 0.2) is 36.6 Å². The fourth-order valence-electron chi connectivity index (χ4n) is 3.07. The predicted octanol–water partition coefficient (Wildman–Crippen LogP) is 4.77. The summed E-state index contributed by atoms with van der Waals surface area (Å²) in [7, 11) is 0. The van der Waals surface area contributed by atoms with Crippen LogP contribution in [0.5, 0.6) is 0 Å². The molecule has 0 saturated heterocycles. The zero-order valence-corrected chi connectivity index (χ0v) is 19.4. The Labute approximate surface area is 187 Å². The van der Waals surface area contributed by atoms with E-state index < -0.39 is 11.7 Å². The van der Waals surface area contributed by atoms with Crippen LogP contribution < -0.4 is 16.0 Å². The standard InChI is InChI=1S/C22H30N6O2S/c1-14-8-6-7-9-16(14)17-13-25-20(31-17)28-19-12-18(26-15(2)27-19)23-10-11-24-21(29)30-22(3,4)5/h6-9,12-14,16H,10-11H2,1-5H3,(H,24,29)(H2,23,25,26,27,28). The Kier molecular flexibility index (Phi) is 7.27. The molecule has 0 bridgehead atoms.